The summed E-state index contributed by atoms with van der Waals surface area (Å²) >= 11 is 0. The van der Waals surface area contributed by atoms with Crippen LogP contribution < -0.4 is 10.2 Å². The third-order valence-electron chi connectivity index (χ3n) is 4.32. The number of rotatable bonds is 6. The van der Waals surface area contributed by atoms with Crippen LogP contribution in [0.1, 0.15) is 31.4 Å². The van der Waals surface area contributed by atoms with Crippen molar-refractivity contribution in [2.75, 3.05) is 30.9 Å². The maximum absolute atomic E-state index is 5.67. The van der Waals surface area contributed by atoms with Gasteiger partial charge in [-0.1, -0.05) is 18.2 Å². The molecule has 0 saturated carbocycles. The van der Waals surface area contributed by atoms with Crippen molar-refractivity contribution in [3.8, 4) is 0 Å². The fraction of sp³-hybridized carbons (Fsp3) is 0.500. The van der Waals surface area contributed by atoms with Crippen molar-refractivity contribution in [3.63, 3.8) is 0 Å². The average Bonchev–Trinajstić information content (AvgIpc) is 3.20. The van der Waals surface area contributed by atoms with Crippen LogP contribution in [0.25, 0.3) is 0 Å². The van der Waals surface area contributed by atoms with Gasteiger partial charge in [0.05, 0.1) is 30.6 Å². The molecule has 0 amide bonds. The molecule has 3 rings (SSSR count). The Bertz CT molecular complexity index is 631. The van der Waals surface area contributed by atoms with Gasteiger partial charge in [0, 0.05) is 32.6 Å². The van der Waals surface area contributed by atoms with Gasteiger partial charge in [0.1, 0.15) is 0 Å². The molecule has 2 aromatic rings. The van der Waals surface area contributed by atoms with Crippen molar-refractivity contribution in [3.05, 3.63) is 42.2 Å². The molecule has 2 heterocycles. The highest BCUT2D eigenvalue weighted by Gasteiger charge is 2.17. The van der Waals surface area contributed by atoms with Gasteiger partial charge in [-0.3, -0.25) is 4.68 Å². The summed E-state index contributed by atoms with van der Waals surface area (Å²) in [5, 5.41) is 8.00. The smallest absolute Gasteiger partial charge is 0.0771 e. The van der Waals surface area contributed by atoms with E-state index in [4.69, 9.17) is 4.74 Å². The van der Waals surface area contributed by atoms with Crippen LogP contribution >= 0.6 is 0 Å². The standard InChI is InChI=1S/C18H26N4O/c1-14(17-8-4-5-9-18(17)21(2)3)20-15-11-19-22(12-15)13-16-7-6-10-23-16/h4-5,8-9,11-12,14,16,20H,6-7,10,13H2,1-3H3. The van der Waals surface area contributed by atoms with E-state index >= 15 is 0 Å². The number of hydrogen-bond donors (Lipinski definition) is 1. The summed E-state index contributed by atoms with van der Waals surface area (Å²) in [5.41, 5.74) is 3.56. The number of anilines is 2. The van der Waals surface area contributed by atoms with Crippen LogP contribution in [0.15, 0.2) is 36.7 Å². The molecule has 1 N–H and O–H groups in total. The average molecular weight is 314 g/mol. The van der Waals surface area contributed by atoms with Gasteiger partial charge < -0.3 is 15.0 Å². The quantitative estimate of drug-likeness (QED) is 0.888. The summed E-state index contributed by atoms with van der Waals surface area (Å²) in [7, 11) is 4.15. The molecular weight excluding hydrogens is 288 g/mol. The summed E-state index contributed by atoms with van der Waals surface area (Å²) in [4.78, 5) is 2.15. The van der Waals surface area contributed by atoms with E-state index < -0.39 is 0 Å². The Kier molecular flexibility index (Phi) is 4.86. The first-order valence-electron chi connectivity index (χ1n) is 8.30. The highest BCUT2D eigenvalue weighted by Crippen LogP contribution is 2.27. The first-order chi connectivity index (χ1) is 11.1. The van der Waals surface area contributed by atoms with E-state index in [1.165, 1.54) is 11.3 Å². The van der Waals surface area contributed by atoms with Gasteiger partial charge in [-0.05, 0) is 31.4 Å². The fourth-order valence-corrected chi connectivity index (χ4v) is 3.12. The van der Waals surface area contributed by atoms with Crippen LogP contribution in [0.4, 0.5) is 11.4 Å². The lowest BCUT2D eigenvalue weighted by Crippen LogP contribution is -2.16. The molecule has 1 saturated heterocycles. The van der Waals surface area contributed by atoms with Crippen LogP contribution in [0.5, 0.6) is 0 Å². The first-order valence-corrected chi connectivity index (χ1v) is 8.30. The lowest BCUT2D eigenvalue weighted by Gasteiger charge is -2.22. The minimum absolute atomic E-state index is 0.217. The highest BCUT2D eigenvalue weighted by atomic mass is 16.5. The molecule has 1 aromatic carbocycles. The van der Waals surface area contributed by atoms with Crippen molar-refractivity contribution < 1.29 is 4.74 Å². The lowest BCUT2D eigenvalue weighted by atomic mass is 10.1. The number of benzene rings is 1. The van der Waals surface area contributed by atoms with E-state index in [1.807, 2.05) is 10.9 Å². The Morgan fingerprint density at radius 1 is 1.39 bits per heavy atom. The lowest BCUT2D eigenvalue weighted by molar-refractivity contribution is 0.0940. The summed E-state index contributed by atoms with van der Waals surface area (Å²) in [6.45, 7) is 3.90. The van der Waals surface area contributed by atoms with Crippen LogP contribution in [-0.2, 0) is 11.3 Å². The molecule has 1 aromatic heterocycles. The maximum atomic E-state index is 5.67. The Labute approximate surface area is 138 Å². The Balaban J connectivity index is 1.66. The zero-order valence-corrected chi connectivity index (χ0v) is 14.2. The molecule has 1 aliphatic rings. The van der Waals surface area contributed by atoms with Crippen molar-refractivity contribution in [1.29, 1.82) is 0 Å². The SMILES string of the molecule is CC(Nc1cnn(CC2CCCO2)c1)c1ccccc1N(C)C. The number of nitrogens with zero attached hydrogens (tertiary/aromatic N) is 3. The largest absolute Gasteiger partial charge is 0.377 e. The van der Waals surface area contributed by atoms with Crippen LogP contribution in [-0.4, -0.2) is 36.6 Å². The van der Waals surface area contributed by atoms with Gasteiger partial charge in [0.25, 0.3) is 0 Å². The summed E-state index contributed by atoms with van der Waals surface area (Å²) in [6.07, 6.45) is 6.57. The Morgan fingerprint density at radius 3 is 2.96 bits per heavy atom. The van der Waals surface area contributed by atoms with E-state index in [9.17, 15) is 0 Å². The number of hydrogen-bond acceptors (Lipinski definition) is 4. The molecule has 0 radical (unpaired) electrons. The molecule has 2 unspecified atom stereocenters. The predicted octanol–water partition coefficient (Wildman–Crippen LogP) is 3.30. The van der Waals surface area contributed by atoms with Crippen molar-refractivity contribution in [1.82, 2.24) is 9.78 Å². The maximum Gasteiger partial charge on any atom is 0.0771 e. The number of ether oxygens (including phenoxy) is 1. The summed E-state index contributed by atoms with van der Waals surface area (Å²) in [5.74, 6) is 0. The van der Waals surface area contributed by atoms with E-state index in [-0.39, 0.29) is 6.04 Å². The van der Waals surface area contributed by atoms with Crippen molar-refractivity contribution >= 4 is 11.4 Å². The number of aromatic nitrogens is 2. The van der Waals surface area contributed by atoms with E-state index in [1.54, 1.807) is 0 Å². The summed E-state index contributed by atoms with van der Waals surface area (Å²) < 4.78 is 7.65. The monoisotopic (exact) mass is 314 g/mol. The van der Waals surface area contributed by atoms with Crippen LogP contribution in [0, 0.1) is 0 Å². The fourth-order valence-electron chi connectivity index (χ4n) is 3.12. The minimum Gasteiger partial charge on any atom is -0.377 e. The van der Waals surface area contributed by atoms with E-state index in [2.05, 4.69) is 66.8 Å². The molecule has 124 valence electrons. The first kappa shape index (κ1) is 15.9. The second-order valence-electron chi connectivity index (χ2n) is 6.41. The third-order valence-corrected chi connectivity index (χ3v) is 4.32. The molecule has 5 nitrogen and oxygen atoms in total. The van der Waals surface area contributed by atoms with E-state index in [0.717, 1.165) is 31.7 Å². The zero-order valence-electron chi connectivity index (χ0n) is 14.2. The Hall–Kier alpha value is -2.01. The zero-order chi connectivity index (χ0) is 16.2. The molecule has 0 spiro atoms. The molecule has 0 aliphatic carbocycles. The van der Waals surface area contributed by atoms with Gasteiger partial charge in [-0.25, -0.2) is 0 Å². The molecule has 23 heavy (non-hydrogen) atoms. The third kappa shape index (κ3) is 3.85. The molecule has 5 heteroatoms. The Morgan fingerprint density at radius 2 is 2.22 bits per heavy atom. The van der Waals surface area contributed by atoms with Crippen molar-refractivity contribution in [2.24, 2.45) is 0 Å². The number of para-hydroxylation sites is 1. The minimum atomic E-state index is 0.217. The highest BCUT2D eigenvalue weighted by molar-refractivity contribution is 5.56. The topological polar surface area (TPSA) is 42.3 Å². The van der Waals surface area contributed by atoms with Gasteiger partial charge in [-0.15, -0.1) is 0 Å². The second kappa shape index (κ2) is 7.04. The van der Waals surface area contributed by atoms with Crippen molar-refractivity contribution in [2.45, 2.75) is 38.5 Å². The second-order valence-corrected chi connectivity index (χ2v) is 6.41. The normalized spacial score (nSPS) is 18.8. The molecule has 1 fully saturated rings. The molecule has 2 atom stereocenters. The molecular formula is C18H26N4O. The van der Waals surface area contributed by atoms with Gasteiger partial charge >= 0.3 is 0 Å². The van der Waals surface area contributed by atoms with Gasteiger partial charge in [-0.2, -0.15) is 5.10 Å². The molecule has 0 bridgehead atoms. The van der Waals surface area contributed by atoms with E-state index in [0.29, 0.717) is 6.10 Å². The number of nitrogens with one attached hydrogen (secondary N) is 1. The van der Waals surface area contributed by atoms with Crippen LogP contribution in [0.2, 0.25) is 0 Å². The van der Waals surface area contributed by atoms with Gasteiger partial charge in [0.15, 0.2) is 0 Å². The van der Waals surface area contributed by atoms with Gasteiger partial charge in [0.2, 0.25) is 0 Å². The molecule has 1 aliphatic heterocycles. The van der Waals surface area contributed by atoms with Crippen LogP contribution in [0.3, 0.4) is 0 Å². The summed E-state index contributed by atoms with van der Waals surface area (Å²) in [6, 6.07) is 8.69. The predicted molar refractivity (Wildman–Crippen MR) is 94.0 cm³/mol.